The number of ether oxygens (including phenoxy) is 2. The molecule has 0 bridgehead atoms. The van der Waals surface area contributed by atoms with Crippen molar-refractivity contribution in [2.75, 3.05) is 0 Å². The van der Waals surface area contributed by atoms with Gasteiger partial charge in [0.25, 0.3) is 0 Å². The van der Waals surface area contributed by atoms with Gasteiger partial charge in [-0.25, -0.2) is 4.79 Å². The maximum absolute atomic E-state index is 12.8. The Kier molecular flexibility index (Phi) is 8.62. The lowest BCUT2D eigenvalue weighted by Crippen LogP contribution is -2.12. The number of hydrogen-bond acceptors (Lipinski definition) is 4. The van der Waals surface area contributed by atoms with Crippen LogP contribution in [0.25, 0.3) is 10.8 Å². The highest BCUT2D eigenvalue weighted by molar-refractivity contribution is 5.92. The van der Waals surface area contributed by atoms with E-state index in [0.717, 1.165) is 28.2 Å². The van der Waals surface area contributed by atoms with Crippen molar-refractivity contribution in [2.24, 2.45) is 11.8 Å². The molecule has 0 saturated heterocycles. The number of carbonyl (C=O) groups excluding carboxylic acids is 1. The second kappa shape index (κ2) is 12.7. The Bertz CT molecular complexity index is 1490. The fourth-order valence-corrected chi connectivity index (χ4v) is 6.71. The SMILES string of the molecule is CC1CCC(c2ccc(C(=O)Oc3ccc4cc(OC(O)c5ccc(C6CCC(C)CC6)cc5)ccc4c3)cc2)CC1. The monoisotopic (exact) mass is 562 g/mol. The average molecular weight is 563 g/mol. The smallest absolute Gasteiger partial charge is 0.343 e. The van der Waals surface area contributed by atoms with Crippen molar-refractivity contribution in [3.05, 3.63) is 107 Å². The van der Waals surface area contributed by atoms with Gasteiger partial charge in [0.05, 0.1) is 5.56 Å². The van der Waals surface area contributed by atoms with E-state index in [-0.39, 0.29) is 5.97 Å². The minimum Gasteiger partial charge on any atom is -0.461 e. The highest BCUT2D eigenvalue weighted by Gasteiger charge is 2.21. The highest BCUT2D eigenvalue weighted by atomic mass is 16.6. The van der Waals surface area contributed by atoms with Crippen LogP contribution in [0, 0.1) is 11.8 Å². The summed E-state index contributed by atoms with van der Waals surface area (Å²) in [5.41, 5.74) is 3.97. The summed E-state index contributed by atoms with van der Waals surface area (Å²) >= 11 is 0. The van der Waals surface area contributed by atoms with Crippen molar-refractivity contribution in [3.8, 4) is 11.5 Å². The van der Waals surface area contributed by atoms with Crippen molar-refractivity contribution in [1.82, 2.24) is 0 Å². The zero-order valence-corrected chi connectivity index (χ0v) is 24.8. The van der Waals surface area contributed by atoms with Gasteiger partial charge in [0.15, 0.2) is 0 Å². The molecule has 42 heavy (non-hydrogen) atoms. The van der Waals surface area contributed by atoms with E-state index in [1.54, 1.807) is 6.07 Å². The van der Waals surface area contributed by atoms with Gasteiger partial charge in [-0.2, -0.15) is 0 Å². The molecule has 0 spiro atoms. The molecular formula is C38H42O4. The lowest BCUT2D eigenvalue weighted by Gasteiger charge is -2.26. The van der Waals surface area contributed by atoms with Crippen molar-refractivity contribution < 1.29 is 19.4 Å². The summed E-state index contributed by atoms with van der Waals surface area (Å²) in [4.78, 5) is 12.8. The summed E-state index contributed by atoms with van der Waals surface area (Å²) in [5.74, 6) is 3.59. The molecule has 2 fully saturated rings. The standard InChI is InChI=1S/C38H42O4/c1-25-3-7-27(8-4-25)29-11-15-31(16-12-29)37(39)41-35-21-19-34-24-36(22-20-33(34)23-35)42-38(40)32-17-13-30(14-18-32)28-9-5-26(2)6-10-28/h11-28,37,39H,3-10H2,1-2H3. The summed E-state index contributed by atoms with van der Waals surface area (Å²) in [6, 6.07) is 27.4. The second-order valence-electron chi connectivity index (χ2n) is 12.7. The van der Waals surface area contributed by atoms with Gasteiger partial charge >= 0.3 is 5.97 Å². The highest BCUT2D eigenvalue weighted by Crippen LogP contribution is 2.37. The minimum absolute atomic E-state index is 0.356. The molecule has 218 valence electrons. The molecule has 0 heterocycles. The van der Waals surface area contributed by atoms with Crippen LogP contribution in [0.4, 0.5) is 0 Å². The molecule has 2 aliphatic carbocycles. The van der Waals surface area contributed by atoms with E-state index in [2.05, 4.69) is 38.1 Å². The van der Waals surface area contributed by atoms with Crippen LogP contribution in [0.5, 0.6) is 11.5 Å². The van der Waals surface area contributed by atoms with Crippen LogP contribution in [0.3, 0.4) is 0 Å². The Morgan fingerprint density at radius 3 is 1.67 bits per heavy atom. The summed E-state index contributed by atoms with van der Waals surface area (Å²) in [7, 11) is 0. The molecule has 1 N–H and O–H groups in total. The largest absolute Gasteiger partial charge is 0.461 e. The van der Waals surface area contributed by atoms with Crippen LogP contribution < -0.4 is 9.47 Å². The first kappa shape index (κ1) is 28.5. The molecule has 1 atom stereocenters. The third kappa shape index (κ3) is 6.71. The van der Waals surface area contributed by atoms with Crippen LogP contribution in [0.2, 0.25) is 0 Å². The summed E-state index contributed by atoms with van der Waals surface area (Å²) in [6.45, 7) is 4.67. The predicted molar refractivity (Wildman–Crippen MR) is 168 cm³/mol. The molecule has 0 amide bonds. The van der Waals surface area contributed by atoms with Crippen molar-refractivity contribution in [1.29, 1.82) is 0 Å². The summed E-state index contributed by atoms with van der Waals surface area (Å²) in [6.07, 6.45) is 9.01. The number of esters is 1. The van der Waals surface area contributed by atoms with Crippen molar-refractivity contribution in [3.63, 3.8) is 0 Å². The molecule has 0 radical (unpaired) electrons. The van der Waals surface area contributed by atoms with Crippen molar-refractivity contribution >= 4 is 16.7 Å². The number of carbonyl (C=O) groups is 1. The molecule has 4 heteroatoms. The molecule has 4 aromatic rings. The Labute approximate surface area is 249 Å². The number of benzene rings is 4. The van der Waals surface area contributed by atoms with Crippen molar-refractivity contribution in [2.45, 2.75) is 83.3 Å². The van der Waals surface area contributed by atoms with E-state index < -0.39 is 6.29 Å². The van der Waals surface area contributed by atoms with E-state index in [1.165, 1.54) is 62.5 Å². The van der Waals surface area contributed by atoms with E-state index in [1.807, 2.05) is 54.6 Å². The third-order valence-corrected chi connectivity index (χ3v) is 9.58. The van der Waals surface area contributed by atoms with E-state index in [0.29, 0.717) is 28.9 Å². The average Bonchev–Trinajstić information content (AvgIpc) is 3.02. The van der Waals surface area contributed by atoms with Gasteiger partial charge in [-0.1, -0.05) is 88.1 Å². The molecule has 0 aliphatic heterocycles. The van der Waals surface area contributed by atoms with E-state index in [4.69, 9.17) is 9.47 Å². The Balaban J connectivity index is 1.06. The maximum atomic E-state index is 12.8. The topological polar surface area (TPSA) is 55.8 Å². The zero-order chi connectivity index (χ0) is 29.1. The van der Waals surface area contributed by atoms with E-state index >= 15 is 0 Å². The molecule has 6 rings (SSSR count). The van der Waals surface area contributed by atoms with Crippen LogP contribution in [0.1, 0.15) is 110 Å². The van der Waals surface area contributed by atoms with Gasteiger partial charge in [0, 0.05) is 5.56 Å². The number of hydrogen-bond donors (Lipinski definition) is 1. The fourth-order valence-electron chi connectivity index (χ4n) is 6.71. The number of rotatable bonds is 7. The Morgan fingerprint density at radius 2 is 1.12 bits per heavy atom. The van der Waals surface area contributed by atoms with E-state index in [9.17, 15) is 9.90 Å². The van der Waals surface area contributed by atoms with Crippen LogP contribution >= 0.6 is 0 Å². The van der Waals surface area contributed by atoms with Gasteiger partial charge in [0.1, 0.15) is 11.5 Å². The third-order valence-electron chi connectivity index (χ3n) is 9.58. The van der Waals surface area contributed by atoms with Gasteiger partial charge in [-0.3, -0.25) is 0 Å². The number of aliphatic hydroxyl groups is 1. The first-order valence-corrected chi connectivity index (χ1v) is 15.7. The predicted octanol–water partition coefficient (Wildman–Crippen LogP) is 9.72. The Morgan fingerprint density at radius 1 is 0.643 bits per heavy atom. The lowest BCUT2D eigenvalue weighted by atomic mass is 9.79. The van der Waals surface area contributed by atoms with Gasteiger partial charge < -0.3 is 14.6 Å². The quantitative estimate of drug-likeness (QED) is 0.138. The lowest BCUT2D eigenvalue weighted by molar-refractivity contribution is -0.0193. The van der Waals surface area contributed by atoms with Gasteiger partial charge in [-0.05, 0) is 108 Å². The first-order chi connectivity index (χ1) is 20.4. The minimum atomic E-state index is -1.05. The molecule has 4 nitrogen and oxygen atoms in total. The molecule has 4 aromatic carbocycles. The number of fused-ring (bicyclic) bond motifs is 1. The fraction of sp³-hybridized carbons (Fsp3) is 0.395. The second-order valence-corrected chi connectivity index (χ2v) is 12.7. The Hall–Kier alpha value is -3.63. The number of aliphatic hydroxyl groups excluding tert-OH is 1. The van der Waals surface area contributed by atoms with Crippen LogP contribution in [-0.2, 0) is 0 Å². The first-order valence-electron chi connectivity index (χ1n) is 15.7. The summed E-state index contributed by atoms with van der Waals surface area (Å²) in [5, 5.41) is 12.6. The van der Waals surface area contributed by atoms with Gasteiger partial charge in [-0.15, -0.1) is 0 Å². The molecule has 2 saturated carbocycles. The van der Waals surface area contributed by atoms with Crippen LogP contribution in [0.15, 0.2) is 84.9 Å². The van der Waals surface area contributed by atoms with Crippen LogP contribution in [-0.4, -0.2) is 11.1 Å². The maximum Gasteiger partial charge on any atom is 0.343 e. The molecule has 0 aromatic heterocycles. The molecular weight excluding hydrogens is 520 g/mol. The molecule has 2 aliphatic rings. The summed E-state index contributed by atoms with van der Waals surface area (Å²) < 4.78 is 11.6. The molecule has 1 unspecified atom stereocenters. The zero-order valence-electron chi connectivity index (χ0n) is 24.8. The normalized spacial score (nSPS) is 23.3. The van der Waals surface area contributed by atoms with Gasteiger partial charge in [0.2, 0.25) is 6.29 Å².